The molecule has 2 heterocycles. The van der Waals surface area contributed by atoms with Crippen LogP contribution in [0, 0.1) is 0 Å². The van der Waals surface area contributed by atoms with E-state index < -0.39 is 10.0 Å². The lowest BCUT2D eigenvalue weighted by Gasteiger charge is -2.22. The van der Waals surface area contributed by atoms with Crippen molar-refractivity contribution < 1.29 is 12.8 Å². The molecule has 1 N–H and O–H groups in total. The van der Waals surface area contributed by atoms with Crippen molar-refractivity contribution in [2.45, 2.75) is 30.2 Å². The van der Waals surface area contributed by atoms with Crippen molar-refractivity contribution in [3.05, 3.63) is 46.1 Å². The van der Waals surface area contributed by atoms with Gasteiger partial charge in [0.2, 0.25) is 10.0 Å². The Morgan fingerprint density at radius 2 is 2.19 bits per heavy atom. The molecule has 1 aliphatic rings. The van der Waals surface area contributed by atoms with Crippen LogP contribution in [0.3, 0.4) is 0 Å². The lowest BCUT2D eigenvalue weighted by atomic mass is 9.94. The summed E-state index contributed by atoms with van der Waals surface area (Å²) in [5.41, 5.74) is 0.887. The maximum Gasteiger partial charge on any atom is 0.242 e. The van der Waals surface area contributed by atoms with Crippen LogP contribution in [0.25, 0.3) is 0 Å². The molecule has 2 aromatic rings. The first kappa shape index (κ1) is 14.8. The number of pyridine rings is 1. The summed E-state index contributed by atoms with van der Waals surface area (Å²) in [5.74, 6) is 0.834. The zero-order valence-corrected chi connectivity index (χ0v) is 13.2. The average molecular weight is 347 g/mol. The average Bonchev–Trinajstić information content (AvgIpc) is 2.91. The maximum absolute atomic E-state index is 12.4. The van der Waals surface area contributed by atoms with E-state index in [9.17, 15) is 8.42 Å². The molecule has 0 fully saturated rings. The number of hydrogen-bond donors (Lipinski definition) is 1. The van der Waals surface area contributed by atoms with Gasteiger partial charge in [0.1, 0.15) is 15.8 Å². The normalized spacial score (nSPS) is 18.5. The Morgan fingerprint density at radius 1 is 1.38 bits per heavy atom. The van der Waals surface area contributed by atoms with Gasteiger partial charge in [-0.1, -0.05) is 23.2 Å². The molecule has 0 saturated carbocycles. The van der Waals surface area contributed by atoms with Gasteiger partial charge in [0.05, 0.1) is 17.3 Å². The monoisotopic (exact) mass is 346 g/mol. The quantitative estimate of drug-likeness (QED) is 0.865. The fourth-order valence-corrected chi connectivity index (χ4v) is 3.97. The summed E-state index contributed by atoms with van der Waals surface area (Å²) in [6.07, 6.45) is 5.19. The highest BCUT2D eigenvalue weighted by atomic mass is 35.5. The molecular formula is C13H12Cl2N2O3S. The van der Waals surface area contributed by atoms with Crippen molar-refractivity contribution >= 4 is 33.2 Å². The first-order chi connectivity index (χ1) is 9.97. The lowest BCUT2D eigenvalue weighted by molar-refractivity contribution is 0.438. The Labute approximate surface area is 132 Å². The summed E-state index contributed by atoms with van der Waals surface area (Å²) in [5, 5.41) is 0.178. The minimum absolute atomic E-state index is 0.00693. The minimum Gasteiger partial charge on any atom is -0.469 e. The second kappa shape index (κ2) is 5.61. The molecule has 8 heteroatoms. The van der Waals surface area contributed by atoms with Crippen LogP contribution in [-0.4, -0.2) is 13.4 Å². The Balaban J connectivity index is 1.89. The van der Waals surface area contributed by atoms with Crippen LogP contribution in [0.1, 0.15) is 30.2 Å². The standard InChI is InChI=1S/C13H12Cl2N2O3S/c14-10-6-8(7-16-13(10)15)21(18,19)17-11-2-1-3-12-9(11)4-5-20-12/h4-7,11,17H,1-3H2. The van der Waals surface area contributed by atoms with Crippen molar-refractivity contribution in [1.29, 1.82) is 0 Å². The summed E-state index contributed by atoms with van der Waals surface area (Å²) in [7, 11) is -3.72. The van der Waals surface area contributed by atoms with Gasteiger partial charge >= 0.3 is 0 Å². The predicted octanol–water partition coefficient (Wildman–Crippen LogP) is 3.34. The lowest BCUT2D eigenvalue weighted by Crippen LogP contribution is -2.30. The number of halogens is 2. The van der Waals surface area contributed by atoms with Crippen molar-refractivity contribution in [2.24, 2.45) is 0 Å². The summed E-state index contributed by atoms with van der Waals surface area (Å²) < 4.78 is 32.9. The summed E-state index contributed by atoms with van der Waals surface area (Å²) in [6, 6.07) is 2.79. The summed E-state index contributed by atoms with van der Waals surface area (Å²) in [4.78, 5) is 3.76. The van der Waals surface area contributed by atoms with E-state index >= 15 is 0 Å². The van der Waals surface area contributed by atoms with Gasteiger partial charge in [0.15, 0.2) is 0 Å². The molecule has 3 rings (SSSR count). The number of hydrogen-bond acceptors (Lipinski definition) is 4. The number of aromatic nitrogens is 1. The Morgan fingerprint density at radius 3 is 2.95 bits per heavy atom. The molecule has 112 valence electrons. The van der Waals surface area contributed by atoms with Crippen LogP contribution in [-0.2, 0) is 16.4 Å². The Bertz CT molecular complexity index is 773. The summed E-state index contributed by atoms with van der Waals surface area (Å²) >= 11 is 11.5. The van der Waals surface area contributed by atoms with Gasteiger partial charge in [0.25, 0.3) is 0 Å². The van der Waals surface area contributed by atoms with Crippen LogP contribution >= 0.6 is 23.2 Å². The molecule has 0 amide bonds. The van der Waals surface area contributed by atoms with Gasteiger partial charge in [-0.2, -0.15) is 0 Å². The van der Waals surface area contributed by atoms with Gasteiger partial charge in [-0.15, -0.1) is 0 Å². The van der Waals surface area contributed by atoms with Gasteiger partial charge in [0, 0.05) is 18.2 Å². The fourth-order valence-electron chi connectivity index (χ4n) is 2.41. The number of nitrogens with one attached hydrogen (secondary N) is 1. The number of fused-ring (bicyclic) bond motifs is 1. The molecular weight excluding hydrogens is 335 g/mol. The molecule has 1 aliphatic carbocycles. The molecule has 0 radical (unpaired) electrons. The molecule has 0 saturated heterocycles. The van der Waals surface area contributed by atoms with Crippen molar-refractivity contribution in [3.63, 3.8) is 0 Å². The summed E-state index contributed by atoms with van der Waals surface area (Å²) in [6.45, 7) is 0. The second-order valence-electron chi connectivity index (χ2n) is 4.81. The highest BCUT2D eigenvalue weighted by molar-refractivity contribution is 7.89. The first-order valence-corrected chi connectivity index (χ1v) is 8.61. The molecule has 1 unspecified atom stereocenters. The number of nitrogens with zero attached hydrogens (tertiary/aromatic N) is 1. The van der Waals surface area contributed by atoms with E-state index in [0.29, 0.717) is 0 Å². The number of aryl methyl sites for hydroxylation is 1. The van der Waals surface area contributed by atoms with Gasteiger partial charge in [-0.05, 0) is 25.0 Å². The molecule has 21 heavy (non-hydrogen) atoms. The first-order valence-electron chi connectivity index (χ1n) is 6.37. The molecule has 0 aliphatic heterocycles. The van der Waals surface area contributed by atoms with Gasteiger partial charge in [-0.25, -0.2) is 18.1 Å². The van der Waals surface area contributed by atoms with Crippen molar-refractivity contribution in [2.75, 3.05) is 0 Å². The topological polar surface area (TPSA) is 72.2 Å². The zero-order valence-electron chi connectivity index (χ0n) is 10.8. The van der Waals surface area contributed by atoms with E-state index in [2.05, 4.69) is 9.71 Å². The van der Waals surface area contributed by atoms with Crippen LogP contribution in [0.15, 0.2) is 33.9 Å². The smallest absolute Gasteiger partial charge is 0.242 e. The second-order valence-corrected chi connectivity index (χ2v) is 7.29. The van der Waals surface area contributed by atoms with Crippen molar-refractivity contribution in [3.8, 4) is 0 Å². The van der Waals surface area contributed by atoms with Crippen LogP contribution in [0.4, 0.5) is 0 Å². The van der Waals surface area contributed by atoms with Crippen LogP contribution in [0.5, 0.6) is 0 Å². The Kier molecular flexibility index (Phi) is 3.96. The third-order valence-electron chi connectivity index (χ3n) is 3.43. The molecule has 2 aromatic heterocycles. The predicted molar refractivity (Wildman–Crippen MR) is 79.0 cm³/mol. The van der Waals surface area contributed by atoms with Gasteiger partial charge < -0.3 is 4.42 Å². The van der Waals surface area contributed by atoms with Crippen LogP contribution in [0.2, 0.25) is 10.2 Å². The molecule has 5 nitrogen and oxygen atoms in total. The molecule has 0 spiro atoms. The van der Waals surface area contributed by atoms with E-state index in [1.165, 1.54) is 12.3 Å². The SMILES string of the molecule is O=S(=O)(NC1CCCc2occc21)c1cnc(Cl)c(Cl)c1. The van der Waals surface area contributed by atoms with E-state index in [1.807, 2.05) is 0 Å². The Hall–Kier alpha value is -1.08. The van der Waals surface area contributed by atoms with E-state index in [1.54, 1.807) is 12.3 Å². The van der Waals surface area contributed by atoms with E-state index in [-0.39, 0.29) is 21.1 Å². The van der Waals surface area contributed by atoms with E-state index in [0.717, 1.165) is 30.6 Å². The molecule has 0 aromatic carbocycles. The molecule has 0 bridgehead atoms. The highest BCUT2D eigenvalue weighted by Gasteiger charge is 2.27. The van der Waals surface area contributed by atoms with Crippen LogP contribution < -0.4 is 4.72 Å². The van der Waals surface area contributed by atoms with E-state index in [4.69, 9.17) is 27.6 Å². The third kappa shape index (κ3) is 2.94. The maximum atomic E-state index is 12.4. The van der Waals surface area contributed by atoms with Gasteiger partial charge in [-0.3, -0.25) is 0 Å². The number of rotatable bonds is 3. The number of furan rings is 1. The fraction of sp³-hybridized carbons (Fsp3) is 0.308. The largest absolute Gasteiger partial charge is 0.469 e. The third-order valence-corrected chi connectivity index (χ3v) is 5.56. The minimum atomic E-state index is -3.72. The highest BCUT2D eigenvalue weighted by Crippen LogP contribution is 2.32. The number of sulfonamides is 1. The molecule has 1 atom stereocenters. The zero-order chi connectivity index (χ0) is 15.0. The van der Waals surface area contributed by atoms with Crippen molar-refractivity contribution in [1.82, 2.24) is 9.71 Å².